The maximum atomic E-state index is 13.6. The molecule has 2 rings (SSSR count). The van der Waals surface area contributed by atoms with E-state index in [-0.39, 0.29) is 16.9 Å². The number of nitrogen functional groups attached to an aromatic ring is 1. The van der Waals surface area contributed by atoms with Crippen LogP contribution in [-0.2, 0) is 4.74 Å². The number of nitrogens with one attached hydrogen (secondary N) is 1. The van der Waals surface area contributed by atoms with Crippen molar-refractivity contribution in [2.75, 3.05) is 18.2 Å². The molecule has 3 N–H and O–H groups in total. The zero-order valence-corrected chi connectivity index (χ0v) is 10.9. The molecule has 0 radical (unpaired) electrons. The van der Waals surface area contributed by atoms with Crippen molar-refractivity contribution in [1.82, 2.24) is 0 Å². The van der Waals surface area contributed by atoms with E-state index in [9.17, 15) is 18.0 Å². The highest BCUT2D eigenvalue weighted by atomic mass is 19.1. The molecule has 0 bridgehead atoms. The number of esters is 1. The highest BCUT2D eigenvalue weighted by Gasteiger charge is 2.18. The summed E-state index contributed by atoms with van der Waals surface area (Å²) >= 11 is 0. The molecule has 0 aliphatic heterocycles. The van der Waals surface area contributed by atoms with Crippen molar-refractivity contribution in [2.24, 2.45) is 0 Å². The average Bonchev–Trinajstić information content (AvgIpc) is 2.43. The first-order valence-electron chi connectivity index (χ1n) is 5.82. The Morgan fingerprint density at radius 3 is 2.33 bits per heavy atom. The first-order valence-corrected chi connectivity index (χ1v) is 5.82. The summed E-state index contributed by atoms with van der Waals surface area (Å²) < 4.78 is 44.7. The molecule has 110 valence electrons. The van der Waals surface area contributed by atoms with Crippen LogP contribution in [-0.4, -0.2) is 13.1 Å². The number of carbonyl (C=O) groups excluding carboxylic acids is 1. The molecule has 7 heteroatoms. The molecular formula is C14H11F3N2O2. The Hall–Kier alpha value is -2.70. The summed E-state index contributed by atoms with van der Waals surface area (Å²) in [5.74, 6) is -4.07. The molecule has 0 atom stereocenters. The van der Waals surface area contributed by atoms with Gasteiger partial charge in [0.1, 0.15) is 11.5 Å². The van der Waals surface area contributed by atoms with E-state index in [2.05, 4.69) is 10.1 Å². The number of benzene rings is 2. The van der Waals surface area contributed by atoms with Crippen LogP contribution in [0, 0.1) is 17.5 Å². The molecule has 4 nitrogen and oxygen atoms in total. The fourth-order valence-electron chi connectivity index (χ4n) is 1.78. The monoisotopic (exact) mass is 296 g/mol. The molecule has 2 aromatic rings. The third kappa shape index (κ3) is 2.91. The lowest BCUT2D eigenvalue weighted by Gasteiger charge is -2.14. The van der Waals surface area contributed by atoms with Crippen LogP contribution in [0.3, 0.4) is 0 Å². The highest BCUT2D eigenvalue weighted by Crippen LogP contribution is 2.31. The molecule has 21 heavy (non-hydrogen) atoms. The van der Waals surface area contributed by atoms with Crippen molar-refractivity contribution in [3.8, 4) is 0 Å². The van der Waals surface area contributed by atoms with Crippen LogP contribution in [0.5, 0.6) is 0 Å². The number of ether oxygens (including phenoxy) is 1. The summed E-state index contributed by atoms with van der Waals surface area (Å²) in [4.78, 5) is 11.6. The number of para-hydroxylation sites is 1. The lowest BCUT2D eigenvalue weighted by Crippen LogP contribution is -2.09. The molecule has 0 aromatic heterocycles. The van der Waals surface area contributed by atoms with E-state index in [0.29, 0.717) is 12.1 Å². The second-order valence-corrected chi connectivity index (χ2v) is 4.13. The first-order chi connectivity index (χ1) is 9.93. The predicted octanol–water partition coefficient (Wildman–Crippen LogP) is 3.22. The van der Waals surface area contributed by atoms with E-state index in [1.165, 1.54) is 18.2 Å². The molecule has 2 aromatic carbocycles. The van der Waals surface area contributed by atoms with E-state index in [1.807, 2.05) is 0 Å². The predicted molar refractivity (Wildman–Crippen MR) is 71.8 cm³/mol. The SMILES string of the molecule is COC(=O)c1cccc(N)c1Nc1c(F)cc(F)cc1F. The normalized spacial score (nSPS) is 10.3. The van der Waals surface area contributed by atoms with Crippen molar-refractivity contribution in [3.63, 3.8) is 0 Å². The van der Waals surface area contributed by atoms with E-state index in [4.69, 9.17) is 5.73 Å². The lowest BCUT2D eigenvalue weighted by atomic mass is 10.1. The van der Waals surface area contributed by atoms with Gasteiger partial charge in [0.25, 0.3) is 0 Å². The van der Waals surface area contributed by atoms with Gasteiger partial charge >= 0.3 is 5.97 Å². The fourth-order valence-corrected chi connectivity index (χ4v) is 1.78. The van der Waals surface area contributed by atoms with Crippen LogP contribution < -0.4 is 11.1 Å². The Morgan fingerprint density at radius 1 is 1.14 bits per heavy atom. The van der Waals surface area contributed by atoms with E-state index in [1.54, 1.807) is 0 Å². The van der Waals surface area contributed by atoms with Gasteiger partial charge in [0.2, 0.25) is 0 Å². The number of nitrogens with two attached hydrogens (primary N) is 1. The summed E-state index contributed by atoms with van der Waals surface area (Å²) in [6, 6.07) is 5.34. The maximum absolute atomic E-state index is 13.6. The van der Waals surface area contributed by atoms with E-state index >= 15 is 0 Å². The maximum Gasteiger partial charge on any atom is 0.340 e. The standard InChI is InChI=1S/C14H11F3N2O2/c1-21-14(20)8-3-2-4-11(18)12(8)19-13-9(16)5-7(15)6-10(13)17/h2-6,19H,18H2,1H3. The Labute approximate surface area is 118 Å². The molecule has 0 saturated heterocycles. The molecule has 0 spiro atoms. The van der Waals surface area contributed by atoms with Gasteiger partial charge in [-0.1, -0.05) is 6.07 Å². The van der Waals surface area contributed by atoms with Gasteiger partial charge in [0.05, 0.1) is 24.0 Å². The smallest absolute Gasteiger partial charge is 0.340 e. The van der Waals surface area contributed by atoms with Gasteiger partial charge in [0.15, 0.2) is 11.6 Å². The van der Waals surface area contributed by atoms with Gasteiger partial charge in [-0.15, -0.1) is 0 Å². The molecule has 0 amide bonds. The molecule has 0 aliphatic carbocycles. The van der Waals surface area contributed by atoms with Crippen LogP contribution in [0.1, 0.15) is 10.4 Å². The molecule has 0 aliphatic rings. The largest absolute Gasteiger partial charge is 0.465 e. The van der Waals surface area contributed by atoms with Crippen molar-refractivity contribution >= 4 is 23.0 Å². The van der Waals surface area contributed by atoms with Gasteiger partial charge < -0.3 is 15.8 Å². The number of hydrogen-bond acceptors (Lipinski definition) is 4. The first kappa shape index (κ1) is 14.7. The Bertz CT molecular complexity index is 682. The van der Waals surface area contributed by atoms with Crippen LogP contribution >= 0.6 is 0 Å². The number of carbonyl (C=O) groups is 1. The zero-order valence-electron chi connectivity index (χ0n) is 10.9. The second kappa shape index (κ2) is 5.74. The minimum atomic E-state index is -1.15. The van der Waals surface area contributed by atoms with Gasteiger partial charge in [-0.3, -0.25) is 0 Å². The Kier molecular flexibility index (Phi) is 4.02. The third-order valence-corrected chi connectivity index (χ3v) is 2.76. The van der Waals surface area contributed by atoms with Crippen molar-refractivity contribution in [1.29, 1.82) is 0 Å². The van der Waals surface area contributed by atoms with Crippen molar-refractivity contribution < 1.29 is 22.7 Å². The van der Waals surface area contributed by atoms with Gasteiger partial charge in [-0.05, 0) is 12.1 Å². The number of hydrogen-bond donors (Lipinski definition) is 2. The minimum Gasteiger partial charge on any atom is -0.465 e. The number of rotatable bonds is 3. The summed E-state index contributed by atoms with van der Waals surface area (Å²) in [6.45, 7) is 0. The number of anilines is 3. The average molecular weight is 296 g/mol. The van der Waals surface area contributed by atoms with Gasteiger partial charge in [-0.2, -0.15) is 0 Å². The molecule has 0 saturated carbocycles. The molecular weight excluding hydrogens is 285 g/mol. The summed E-state index contributed by atoms with van der Waals surface area (Å²) in [7, 11) is 1.16. The van der Waals surface area contributed by atoms with Gasteiger partial charge in [-0.25, -0.2) is 18.0 Å². The lowest BCUT2D eigenvalue weighted by molar-refractivity contribution is 0.0602. The van der Waals surface area contributed by atoms with Crippen LogP contribution in [0.4, 0.5) is 30.2 Å². The number of halogens is 3. The minimum absolute atomic E-state index is 0.000579. The van der Waals surface area contributed by atoms with Crippen LogP contribution in [0.25, 0.3) is 0 Å². The molecule has 0 unspecified atom stereocenters. The highest BCUT2D eigenvalue weighted by molar-refractivity contribution is 5.99. The van der Waals surface area contributed by atoms with E-state index < -0.39 is 29.1 Å². The summed E-state index contributed by atoms with van der Waals surface area (Å²) in [5, 5.41) is 2.38. The number of methoxy groups -OCH3 is 1. The Morgan fingerprint density at radius 2 is 1.76 bits per heavy atom. The van der Waals surface area contributed by atoms with E-state index in [0.717, 1.165) is 7.11 Å². The van der Waals surface area contributed by atoms with Crippen molar-refractivity contribution in [2.45, 2.75) is 0 Å². The summed E-state index contributed by atoms with van der Waals surface area (Å²) in [5.41, 5.74) is 5.16. The van der Waals surface area contributed by atoms with Gasteiger partial charge in [0, 0.05) is 12.1 Å². The Balaban J connectivity index is 2.52. The zero-order chi connectivity index (χ0) is 15.6. The fraction of sp³-hybridized carbons (Fsp3) is 0.0714. The molecule has 0 heterocycles. The quantitative estimate of drug-likeness (QED) is 0.674. The second-order valence-electron chi connectivity index (χ2n) is 4.13. The summed E-state index contributed by atoms with van der Waals surface area (Å²) in [6.07, 6.45) is 0. The third-order valence-electron chi connectivity index (χ3n) is 2.76. The molecule has 0 fully saturated rings. The van der Waals surface area contributed by atoms with Crippen LogP contribution in [0.15, 0.2) is 30.3 Å². The van der Waals surface area contributed by atoms with Crippen LogP contribution in [0.2, 0.25) is 0 Å². The van der Waals surface area contributed by atoms with Crippen molar-refractivity contribution in [3.05, 3.63) is 53.3 Å². The topological polar surface area (TPSA) is 64.3 Å².